The molecule has 0 bridgehead atoms. The third-order valence-electron chi connectivity index (χ3n) is 13.6. The zero-order valence-electron chi connectivity index (χ0n) is 46.4. The normalized spacial score (nSPS) is 13.4. The molecule has 0 unspecified atom stereocenters. The van der Waals surface area contributed by atoms with E-state index < -0.39 is 47.5 Å². The van der Waals surface area contributed by atoms with E-state index in [4.69, 9.17) is 50.8 Å². The topological polar surface area (TPSA) is 355 Å². The van der Waals surface area contributed by atoms with Crippen molar-refractivity contribution in [2.24, 2.45) is 31.3 Å². The molecule has 9 aromatic carbocycles. The Balaban J connectivity index is 0.000000289. The number of phenols is 6. The van der Waals surface area contributed by atoms with E-state index in [-0.39, 0.29) is 118 Å². The number of azo groups is 2. The molecule has 1 aliphatic heterocycles. The van der Waals surface area contributed by atoms with Crippen LogP contribution in [-0.4, -0.2) is 102 Å². The highest BCUT2D eigenvalue weighted by Crippen LogP contribution is 2.50. The van der Waals surface area contributed by atoms with Crippen LogP contribution < -0.4 is 16.4 Å². The van der Waals surface area contributed by atoms with Crippen molar-refractivity contribution in [1.29, 1.82) is 5.53 Å². The van der Waals surface area contributed by atoms with Crippen molar-refractivity contribution in [3.05, 3.63) is 124 Å². The fourth-order valence-corrected chi connectivity index (χ4v) is 10.5. The molecule has 0 aromatic heterocycles. The van der Waals surface area contributed by atoms with E-state index in [9.17, 15) is 54.6 Å². The number of likely N-dealkylation sites (tertiary alicyclic amines) is 1. The lowest BCUT2D eigenvalue weighted by Crippen LogP contribution is -2.50. The number of carbonyl (C=O) groups excluding carboxylic acids is 5. The fraction of sp³-hybridized carbons (Fsp3) is 0.254. The number of fused-ring (bicyclic) bond motifs is 6. The Morgan fingerprint density at radius 2 is 0.899 bits per heavy atom. The number of aromatic hydroxyl groups is 6. The van der Waals surface area contributed by atoms with Gasteiger partial charge in [-0.05, 0) is 83.9 Å². The van der Waals surface area contributed by atoms with Crippen LogP contribution in [-0.2, 0) is 23.9 Å². The molecule has 26 heteroatoms. The first-order valence-electron chi connectivity index (χ1n) is 26.1. The minimum Gasteiger partial charge on any atom is -0.507 e. The predicted molar refractivity (Wildman–Crippen MR) is 354 cm³/mol. The van der Waals surface area contributed by atoms with Gasteiger partial charge in [-0.3, -0.25) is 19.2 Å². The molecule has 89 heavy (non-hydrogen) atoms. The van der Waals surface area contributed by atoms with Crippen LogP contribution in [0.3, 0.4) is 0 Å². The molecule has 0 radical (unpaired) electrons. The second kappa shape index (κ2) is 30.3. The number of ether oxygens (including phenoxy) is 1. The third-order valence-corrected chi connectivity index (χ3v) is 14.6. The Morgan fingerprint density at radius 3 is 1.26 bits per heavy atom. The average Bonchev–Trinajstić information content (AvgIpc) is 2.46. The van der Waals surface area contributed by atoms with Crippen molar-refractivity contribution in [1.82, 2.24) is 15.5 Å². The van der Waals surface area contributed by atoms with Gasteiger partial charge in [0.25, 0.3) is 11.8 Å². The lowest BCUT2D eigenvalue weighted by Gasteiger charge is -2.24. The Morgan fingerprint density at radius 1 is 0.573 bits per heavy atom. The van der Waals surface area contributed by atoms with Crippen molar-refractivity contribution in [2.45, 2.75) is 93.5 Å². The summed E-state index contributed by atoms with van der Waals surface area (Å²) in [5.74, 6) is -2.82. The first-order valence-corrected chi connectivity index (χ1v) is 27.2. The summed E-state index contributed by atoms with van der Waals surface area (Å²) >= 11 is 18.5. The van der Waals surface area contributed by atoms with Crippen LogP contribution >= 0.6 is 51.8 Å². The van der Waals surface area contributed by atoms with Crippen molar-refractivity contribution >= 4 is 163 Å². The molecular formula is C63H68BrCl3N10O12. The molecule has 0 aliphatic carbocycles. The Hall–Kier alpha value is -9.00. The molecule has 1 fully saturated rings. The van der Waals surface area contributed by atoms with Gasteiger partial charge in [0.05, 0.1) is 54.8 Å². The van der Waals surface area contributed by atoms with E-state index in [0.29, 0.717) is 84.0 Å². The minimum atomic E-state index is -1.00. The SMILES string of the molecule is Br.C.C.C.C[C@H](NC(=O)OC(C)(C)C)C(=O)N=Nc1cccc2c(O)c3c(Cl)cccc3c(O)c12.C[C@H](NC(=O)[C@@H]1CCCN1C(=O)CN)C(=O)N=Nc1cccc2c(O)c3c(Cl)cccc3c(O)c12.N=Nc1cccc2c(O)c3c(Cl)cccc3c(O)c12. The standard InChI is InChI=1S/C24H24ClN5O5.C22H22ClN3O5.C14H9ClN2O2.3CH4.BrH/c1-12(27-24(35)17-9-4-10-30(17)18(31)11-26)23(34)29-28-16-8-3-6-14-20(16)22(33)13-5-2-7-15(25)19(13)21(14)32;1-11(24-21(30)31-22(2,3)4)20(29)26-25-15-10-6-8-13-17(15)19(28)12-7-5-9-14(23)16(12)18(13)27;15-9-5-1-3-7-11(9)13(18)8-4-2-6-10(17-16)12(8)14(7)19;;;;/h2-3,5-8,12,17,32-33H,4,9-11,26H2,1H3,(H,27,35);5-11,27-28H,1-4H3,(H,24,30);1-6,16,18-19H;3*1H4;1H/t12-,17-;11-;;;;;/m00...../s1. The summed E-state index contributed by atoms with van der Waals surface area (Å²) in [6, 6.07) is 26.4. The maximum atomic E-state index is 12.6. The number of benzene rings is 9. The van der Waals surface area contributed by atoms with Crippen LogP contribution in [0.5, 0.6) is 34.5 Å². The smallest absolute Gasteiger partial charge is 0.408 e. The lowest BCUT2D eigenvalue weighted by atomic mass is 9.99. The van der Waals surface area contributed by atoms with Crippen LogP contribution in [0.2, 0.25) is 15.1 Å². The molecule has 5 amide bonds. The number of alkyl carbamates (subject to hydrolysis) is 1. The van der Waals surface area contributed by atoms with Crippen molar-refractivity contribution in [3.8, 4) is 34.5 Å². The number of amides is 5. The van der Waals surface area contributed by atoms with Crippen molar-refractivity contribution in [2.75, 3.05) is 13.1 Å². The van der Waals surface area contributed by atoms with E-state index in [0.717, 1.165) is 0 Å². The van der Waals surface area contributed by atoms with Crippen molar-refractivity contribution < 1.29 is 59.3 Å². The van der Waals surface area contributed by atoms with Crippen LogP contribution in [0.15, 0.2) is 135 Å². The lowest BCUT2D eigenvalue weighted by molar-refractivity contribution is -0.138. The summed E-state index contributed by atoms with van der Waals surface area (Å²) in [6.07, 6.45) is 0.402. The van der Waals surface area contributed by atoms with E-state index in [1.807, 2.05) is 0 Å². The highest BCUT2D eigenvalue weighted by molar-refractivity contribution is 8.93. The molecule has 0 saturated carbocycles. The monoisotopic (exact) mass is 1340 g/mol. The highest BCUT2D eigenvalue weighted by Gasteiger charge is 2.35. The first-order chi connectivity index (χ1) is 40.4. The number of rotatable bonds is 9. The van der Waals surface area contributed by atoms with Crippen LogP contribution in [0, 0.1) is 5.53 Å². The molecule has 9 aromatic rings. The van der Waals surface area contributed by atoms with Gasteiger partial charge in [0.15, 0.2) is 0 Å². The quantitative estimate of drug-likeness (QED) is 0.0365. The Labute approximate surface area is 537 Å². The number of carbonyl (C=O) groups is 5. The third kappa shape index (κ3) is 15.1. The Kier molecular flexibility index (Phi) is 24.7. The molecule has 11 N–H and O–H groups in total. The molecular weight excluding hydrogens is 1280 g/mol. The number of nitrogens with zero attached hydrogens (tertiary/aromatic N) is 6. The zero-order valence-corrected chi connectivity index (χ0v) is 50.4. The summed E-state index contributed by atoms with van der Waals surface area (Å²) in [4.78, 5) is 62.7. The van der Waals surface area contributed by atoms with Gasteiger partial charge in [0, 0.05) is 55.0 Å². The number of hydrogen-bond acceptors (Lipinski definition) is 17. The molecule has 3 atom stereocenters. The first kappa shape index (κ1) is 72.5. The van der Waals surface area contributed by atoms with Gasteiger partial charge >= 0.3 is 6.09 Å². The van der Waals surface area contributed by atoms with E-state index in [2.05, 4.69) is 36.2 Å². The summed E-state index contributed by atoms with van der Waals surface area (Å²) in [5, 5.41) is 92.4. The maximum Gasteiger partial charge on any atom is 0.408 e. The number of hydrogen-bond donors (Lipinski definition) is 10. The molecule has 22 nitrogen and oxygen atoms in total. The molecule has 1 aliphatic rings. The van der Waals surface area contributed by atoms with E-state index >= 15 is 0 Å². The van der Waals surface area contributed by atoms with Gasteiger partial charge in [-0.15, -0.1) is 37.4 Å². The van der Waals surface area contributed by atoms with Gasteiger partial charge in [0.1, 0.15) is 58.2 Å². The summed E-state index contributed by atoms with van der Waals surface area (Å²) in [7, 11) is 0. The number of phenolic OH excluding ortho intramolecular Hbond substituents is 6. The minimum absolute atomic E-state index is 0. The largest absolute Gasteiger partial charge is 0.507 e. The number of nitrogens with two attached hydrogens (primary N) is 1. The van der Waals surface area contributed by atoms with Crippen molar-refractivity contribution in [3.63, 3.8) is 0 Å². The van der Waals surface area contributed by atoms with Crippen LogP contribution in [0.4, 0.5) is 21.9 Å². The molecule has 10 rings (SSSR count). The summed E-state index contributed by atoms with van der Waals surface area (Å²) in [5.41, 5.74) is 12.5. The molecule has 0 spiro atoms. The molecule has 1 heterocycles. The summed E-state index contributed by atoms with van der Waals surface area (Å²) < 4.78 is 5.11. The summed E-state index contributed by atoms with van der Waals surface area (Å²) in [6.45, 7) is 8.28. The second-order valence-corrected chi connectivity index (χ2v) is 21.6. The number of halogens is 4. The molecule has 1 saturated heterocycles. The fourth-order valence-electron chi connectivity index (χ4n) is 9.67. The van der Waals surface area contributed by atoms with Gasteiger partial charge in [-0.1, -0.05) is 130 Å². The van der Waals surface area contributed by atoms with Gasteiger partial charge in [-0.25, -0.2) is 10.3 Å². The van der Waals surface area contributed by atoms with Gasteiger partial charge in [0.2, 0.25) is 11.8 Å². The van der Waals surface area contributed by atoms with E-state index in [1.54, 1.807) is 124 Å². The second-order valence-electron chi connectivity index (χ2n) is 20.4. The Bertz CT molecular complexity index is 4280. The van der Waals surface area contributed by atoms with Gasteiger partial charge < -0.3 is 56.6 Å². The van der Waals surface area contributed by atoms with Crippen LogP contribution in [0.1, 0.15) is 69.7 Å². The van der Waals surface area contributed by atoms with E-state index in [1.165, 1.54) is 24.8 Å². The molecule has 470 valence electrons. The van der Waals surface area contributed by atoms with Gasteiger partial charge in [-0.2, -0.15) is 5.11 Å². The van der Waals surface area contributed by atoms with Crippen LogP contribution in [0.25, 0.3) is 64.6 Å². The maximum absolute atomic E-state index is 12.6. The number of nitrogens with one attached hydrogen (secondary N) is 3. The highest BCUT2D eigenvalue weighted by atomic mass is 79.9. The average molecular weight is 1340 g/mol. The zero-order chi connectivity index (χ0) is 61.8. The predicted octanol–water partition coefficient (Wildman–Crippen LogP) is 15.9.